The summed E-state index contributed by atoms with van der Waals surface area (Å²) in [6.07, 6.45) is 7.53. The van der Waals surface area contributed by atoms with E-state index < -0.39 is 0 Å². The summed E-state index contributed by atoms with van der Waals surface area (Å²) in [5.74, 6) is 1.82. The van der Waals surface area contributed by atoms with Crippen LogP contribution in [0.2, 0.25) is 0 Å². The summed E-state index contributed by atoms with van der Waals surface area (Å²) < 4.78 is 0. The van der Waals surface area contributed by atoms with Crippen molar-refractivity contribution in [3.05, 3.63) is 12.2 Å². The highest BCUT2D eigenvalue weighted by Crippen LogP contribution is 2.42. The maximum atomic E-state index is 3.79. The molecule has 1 heterocycles. The number of hydrogen-bond donors (Lipinski definition) is 1. The molecule has 3 nitrogen and oxygen atoms in total. The van der Waals surface area contributed by atoms with Gasteiger partial charge >= 0.3 is 0 Å². The molecule has 3 heteroatoms. The van der Waals surface area contributed by atoms with E-state index in [0.717, 1.165) is 24.4 Å². The van der Waals surface area contributed by atoms with Gasteiger partial charge in [0.1, 0.15) is 0 Å². The normalized spacial score (nSPS) is 42.5. The van der Waals surface area contributed by atoms with Gasteiger partial charge in [0.15, 0.2) is 0 Å². The summed E-state index contributed by atoms with van der Waals surface area (Å²) >= 11 is 0. The van der Waals surface area contributed by atoms with Gasteiger partial charge in [-0.2, -0.15) is 0 Å². The average molecular weight is 235 g/mol. The maximum Gasteiger partial charge on any atom is 0.0345 e. The highest BCUT2D eigenvalue weighted by molar-refractivity contribution is 5.13. The predicted octanol–water partition coefficient (Wildman–Crippen LogP) is 0.786. The third-order valence-electron chi connectivity index (χ3n) is 4.96. The number of piperazine rings is 1. The quantitative estimate of drug-likeness (QED) is 0.730. The Bertz CT molecular complexity index is 302. The molecule has 4 atom stereocenters. The zero-order valence-corrected chi connectivity index (χ0v) is 11.1. The lowest BCUT2D eigenvalue weighted by Crippen LogP contribution is -2.57. The number of allylic oxidation sites excluding steroid dienone is 1. The van der Waals surface area contributed by atoms with E-state index in [1.807, 2.05) is 0 Å². The molecule has 3 aliphatic rings. The first-order valence-corrected chi connectivity index (χ1v) is 7.03. The average Bonchev–Trinajstić information content (AvgIpc) is 2.65. The lowest BCUT2D eigenvalue weighted by Gasteiger charge is -2.43. The van der Waals surface area contributed by atoms with Crippen molar-refractivity contribution in [2.24, 2.45) is 11.8 Å². The Hall–Kier alpha value is -0.380. The van der Waals surface area contributed by atoms with Gasteiger partial charge in [0.25, 0.3) is 0 Å². The Morgan fingerprint density at radius 3 is 3.00 bits per heavy atom. The summed E-state index contributed by atoms with van der Waals surface area (Å²) in [6, 6.07) is 1.46. The largest absolute Gasteiger partial charge is 0.312 e. The van der Waals surface area contributed by atoms with E-state index in [1.165, 1.54) is 32.5 Å². The van der Waals surface area contributed by atoms with Crippen molar-refractivity contribution in [3.63, 3.8) is 0 Å². The fourth-order valence-corrected chi connectivity index (χ4v) is 3.56. The summed E-state index contributed by atoms with van der Waals surface area (Å²) in [6.45, 7) is 4.78. The number of nitrogens with one attached hydrogen (secondary N) is 1. The molecule has 1 N–H and O–H groups in total. The van der Waals surface area contributed by atoms with Gasteiger partial charge in [0.05, 0.1) is 0 Å². The minimum atomic E-state index is 0.693. The number of fused-ring (bicyclic) bond motifs is 1. The molecule has 2 aliphatic carbocycles. The second kappa shape index (κ2) is 4.71. The maximum absolute atomic E-state index is 3.79. The molecule has 0 aromatic rings. The van der Waals surface area contributed by atoms with Crippen LogP contribution >= 0.6 is 0 Å². The molecular formula is C14H25N3. The van der Waals surface area contributed by atoms with Gasteiger partial charge in [-0.15, -0.1) is 0 Å². The fraction of sp³-hybridized carbons (Fsp3) is 0.857. The topological polar surface area (TPSA) is 18.5 Å². The van der Waals surface area contributed by atoms with E-state index in [4.69, 9.17) is 0 Å². The van der Waals surface area contributed by atoms with Gasteiger partial charge in [-0.3, -0.25) is 4.90 Å². The molecule has 2 fully saturated rings. The molecule has 1 saturated carbocycles. The molecule has 0 amide bonds. The van der Waals surface area contributed by atoms with Crippen LogP contribution in [0, 0.1) is 11.8 Å². The standard InChI is InChI=1S/C14H25N3/c1-16-6-7-17(2)12(10-16)9-15-14-8-11-4-3-5-13(11)14/h3,5,11-15H,4,6-10H2,1-2H3. The van der Waals surface area contributed by atoms with Crippen molar-refractivity contribution in [1.82, 2.24) is 15.1 Å². The Morgan fingerprint density at radius 1 is 1.29 bits per heavy atom. The minimum Gasteiger partial charge on any atom is -0.312 e. The first-order valence-electron chi connectivity index (χ1n) is 7.03. The third-order valence-corrected chi connectivity index (χ3v) is 4.96. The summed E-state index contributed by atoms with van der Waals surface area (Å²) in [7, 11) is 4.50. The van der Waals surface area contributed by atoms with Crippen LogP contribution in [-0.2, 0) is 0 Å². The molecule has 1 saturated heterocycles. The highest BCUT2D eigenvalue weighted by Gasteiger charge is 2.40. The highest BCUT2D eigenvalue weighted by atomic mass is 15.3. The van der Waals surface area contributed by atoms with Gasteiger partial charge < -0.3 is 10.2 Å². The van der Waals surface area contributed by atoms with Gasteiger partial charge in [-0.1, -0.05) is 12.2 Å². The predicted molar refractivity (Wildman–Crippen MR) is 71.1 cm³/mol. The van der Waals surface area contributed by atoms with Crippen molar-refractivity contribution in [1.29, 1.82) is 0 Å². The van der Waals surface area contributed by atoms with Crippen molar-refractivity contribution < 1.29 is 0 Å². The van der Waals surface area contributed by atoms with Crippen LogP contribution in [0.15, 0.2) is 12.2 Å². The summed E-state index contributed by atoms with van der Waals surface area (Å²) in [5.41, 5.74) is 0. The van der Waals surface area contributed by atoms with Crippen LogP contribution in [0.5, 0.6) is 0 Å². The molecule has 3 rings (SSSR count). The molecule has 1 aliphatic heterocycles. The van der Waals surface area contributed by atoms with Crippen LogP contribution < -0.4 is 5.32 Å². The third kappa shape index (κ3) is 2.28. The van der Waals surface area contributed by atoms with Crippen LogP contribution in [0.4, 0.5) is 0 Å². The van der Waals surface area contributed by atoms with E-state index in [2.05, 4.69) is 41.4 Å². The van der Waals surface area contributed by atoms with E-state index in [1.54, 1.807) is 0 Å². The fourth-order valence-electron chi connectivity index (χ4n) is 3.56. The molecule has 17 heavy (non-hydrogen) atoms. The Labute approximate surface area is 105 Å². The molecule has 0 radical (unpaired) electrons. The second-order valence-corrected chi connectivity index (χ2v) is 6.15. The number of rotatable bonds is 3. The van der Waals surface area contributed by atoms with Gasteiger partial charge in [-0.05, 0) is 38.8 Å². The zero-order chi connectivity index (χ0) is 11.8. The van der Waals surface area contributed by atoms with Gasteiger partial charge in [0.2, 0.25) is 0 Å². The first-order chi connectivity index (χ1) is 8.24. The number of hydrogen-bond acceptors (Lipinski definition) is 3. The number of nitrogens with zero attached hydrogens (tertiary/aromatic N) is 2. The molecule has 0 bridgehead atoms. The molecule has 0 spiro atoms. The van der Waals surface area contributed by atoms with Gasteiger partial charge in [0, 0.05) is 38.3 Å². The lowest BCUT2D eigenvalue weighted by atomic mass is 9.71. The Morgan fingerprint density at radius 2 is 2.18 bits per heavy atom. The van der Waals surface area contributed by atoms with E-state index in [0.29, 0.717) is 6.04 Å². The van der Waals surface area contributed by atoms with Crippen molar-refractivity contribution in [2.45, 2.75) is 24.9 Å². The number of likely N-dealkylation sites (N-methyl/N-ethyl adjacent to an activating group) is 2. The van der Waals surface area contributed by atoms with E-state index in [-0.39, 0.29) is 0 Å². The smallest absolute Gasteiger partial charge is 0.0345 e. The van der Waals surface area contributed by atoms with E-state index in [9.17, 15) is 0 Å². The SMILES string of the molecule is CN1CCN(C)C(CNC2CC3CC=CC32)C1. The lowest BCUT2D eigenvalue weighted by molar-refractivity contribution is 0.0952. The second-order valence-electron chi connectivity index (χ2n) is 6.15. The van der Waals surface area contributed by atoms with Crippen LogP contribution in [0.1, 0.15) is 12.8 Å². The van der Waals surface area contributed by atoms with E-state index >= 15 is 0 Å². The van der Waals surface area contributed by atoms with Crippen LogP contribution in [-0.4, -0.2) is 62.2 Å². The molecule has 0 aromatic heterocycles. The summed E-state index contributed by atoms with van der Waals surface area (Å²) in [4.78, 5) is 4.96. The van der Waals surface area contributed by atoms with Crippen molar-refractivity contribution in [2.75, 3.05) is 40.3 Å². The minimum absolute atomic E-state index is 0.693. The molecule has 96 valence electrons. The van der Waals surface area contributed by atoms with Crippen LogP contribution in [0.25, 0.3) is 0 Å². The van der Waals surface area contributed by atoms with Crippen molar-refractivity contribution >= 4 is 0 Å². The van der Waals surface area contributed by atoms with Gasteiger partial charge in [-0.25, -0.2) is 0 Å². The molecule has 0 aromatic carbocycles. The molecule has 4 unspecified atom stereocenters. The Balaban J connectivity index is 1.46. The monoisotopic (exact) mass is 235 g/mol. The Kier molecular flexibility index (Phi) is 3.24. The first kappa shape index (κ1) is 11.7. The zero-order valence-electron chi connectivity index (χ0n) is 11.1. The molecular weight excluding hydrogens is 210 g/mol. The van der Waals surface area contributed by atoms with Crippen LogP contribution in [0.3, 0.4) is 0 Å². The summed E-state index contributed by atoms with van der Waals surface area (Å²) in [5, 5.41) is 3.79. The van der Waals surface area contributed by atoms with Crippen molar-refractivity contribution in [3.8, 4) is 0 Å².